The standard InChI is InChI=1S/C17H29N3O/c1-17(2)9-7-12(8-10-17)16-19-15(21-20-16)11-13-5-3-4-6-14(13)18/h12-14H,3-11,18H2,1-2H3. The summed E-state index contributed by atoms with van der Waals surface area (Å²) >= 11 is 0. The molecule has 0 saturated heterocycles. The zero-order valence-electron chi connectivity index (χ0n) is 13.5. The molecule has 0 aromatic carbocycles. The molecule has 2 fully saturated rings. The summed E-state index contributed by atoms with van der Waals surface area (Å²) in [6, 6.07) is 0.310. The maximum absolute atomic E-state index is 6.22. The van der Waals surface area contributed by atoms with E-state index in [2.05, 4.69) is 24.0 Å². The lowest BCUT2D eigenvalue weighted by molar-refractivity contribution is 0.218. The number of hydrogen-bond donors (Lipinski definition) is 1. The highest BCUT2D eigenvalue weighted by molar-refractivity contribution is 5.00. The highest BCUT2D eigenvalue weighted by Crippen LogP contribution is 2.41. The highest BCUT2D eigenvalue weighted by atomic mass is 16.5. The van der Waals surface area contributed by atoms with Crippen LogP contribution in [0.4, 0.5) is 0 Å². The van der Waals surface area contributed by atoms with Gasteiger partial charge in [0.15, 0.2) is 5.82 Å². The molecule has 1 aromatic rings. The molecule has 1 aromatic heterocycles. The molecular formula is C17H29N3O. The second-order valence-electron chi connectivity index (χ2n) is 7.90. The smallest absolute Gasteiger partial charge is 0.226 e. The topological polar surface area (TPSA) is 64.9 Å². The number of hydrogen-bond acceptors (Lipinski definition) is 4. The summed E-state index contributed by atoms with van der Waals surface area (Å²) in [6.07, 6.45) is 10.7. The molecular weight excluding hydrogens is 262 g/mol. The Morgan fingerprint density at radius 1 is 1.14 bits per heavy atom. The van der Waals surface area contributed by atoms with Crippen LogP contribution in [0.15, 0.2) is 4.52 Å². The molecule has 0 amide bonds. The lowest BCUT2D eigenvalue weighted by Crippen LogP contribution is -2.34. The number of rotatable bonds is 3. The molecule has 2 saturated carbocycles. The quantitative estimate of drug-likeness (QED) is 0.919. The van der Waals surface area contributed by atoms with Crippen molar-refractivity contribution in [2.24, 2.45) is 17.1 Å². The molecule has 1 heterocycles. The van der Waals surface area contributed by atoms with Crippen molar-refractivity contribution in [3.05, 3.63) is 11.7 Å². The van der Waals surface area contributed by atoms with E-state index in [9.17, 15) is 0 Å². The summed E-state index contributed by atoms with van der Waals surface area (Å²) in [6.45, 7) is 4.71. The average molecular weight is 291 g/mol. The predicted octanol–water partition coefficient (Wildman–Crippen LogP) is 3.81. The zero-order valence-corrected chi connectivity index (χ0v) is 13.5. The first-order chi connectivity index (χ1) is 10.0. The number of nitrogens with two attached hydrogens (primary N) is 1. The van der Waals surface area contributed by atoms with Gasteiger partial charge in [0, 0.05) is 18.4 Å². The summed E-state index contributed by atoms with van der Waals surface area (Å²) in [4.78, 5) is 4.68. The molecule has 2 atom stereocenters. The van der Waals surface area contributed by atoms with E-state index < -0.39 is 0 Å². The van der Waals surface area contributed by atoms with Crippen LogP contribution >= 0.6 is 0 Å². The Kier molecular flexibility index (Phi) is 4.34. The van der Waals surface area contributed by atoms with Crippen molar-refractivity contribution >= 4 is 0 Å². The van der Waals surface area contributed by atoms with E-state index in [0.29, 0.717) is 23.3 Å². The largest absolute Gasteiger partial charge is 0.339 e. The fourth-order valence-corrected chi connectivity index (χ4v) is 3.89. The molecule has 21 heavy (non-hydrogen) atoms. The second-order valence-corrected chi connectivity index (χ2v) is 7.90. The van der Waals surface area contributed by atoms with Gasteiger partial charge in [-0.1, -0.05) is 31.8 Å². The van der Waals surface area contributed by atoms with Crippen LogP contribution < -0.4 is 5.73 Å². The van der Waals surface area contributed by atoms with Gasteiger partial charge in [-0.05, 0) is 49.9 Å². The van der Waals surface area contributed by atoms with Crippen LogP contribution in [-0.4, -0.2) is 16.2 Å². The van der Waals surface area contributed by atoms with Crippen LogP contribution in [0.25, 0.3) is 0 Å². The van der Waals surface area contributed by atoms with Crippen molar-refractivity contribution in [2.75, 3.05) is 0 Å². The van der Waals surface area contributed by atoms with Gasteiger partial charge in [0.1, 0.15) is 0 Å². The molecule has 0 aliphatic heterocycles. The van der Waals surface area contributed by atoms with E-state index in [1.807, 2.05) is 0 Å². The van der Waals surface area contributed by atoms with Gasteiger partial charge in [-0.15, -0.1) is 0 Å². The van der Waals surface area contributed by atoms with Gasteiger partial charge in [0.2, 0.25) is 5.89 Å². The van der Waals surface area contributed by atoms with Gasteiger partial charge in [-0.3, -0.25) is 0 Å². The minimum absolute atomic E-state index is 0.310. The SMILES string of the molecule is CC1(C)CCC(c2noc(CC3CCCCC3N)n2)CC1. The third-order valence-electron chi connectivity index (χ3n) is 5.59. The van der Waals surface area contributed by atoms with Crippen LogP contribution in [0.2, 0.25) is 0 Å². The summed E-state index contributed by atoms with van der Waals surface area (Å²) in [5.41, 5.74) is 6.70. The van der Waals surface area contributed by atoms with Crippen molar-refractivity contribution in [3.63, 3.8) is 0 Å². The lowest BCUT2D eigenvalue weighted by atomic mass is 9.73. The Morgan fingerprint density at radius 2 is 1.86 bits per heavy atom. The van der Waals surface area contributed by atoms with E-state index in [-0.39, 0.29) is 0 Å². The van der Waals surface area contributed by atoms with Gasteiger partial charge in [0.25, 0.3) is 0 Å². The Balaban J connectivity index is 1.59. The fourth-order valence-electron chi connectivity index (χ4n) is 3.89. The van der Waals surface area contributed by atoms with Crippen molar-refractivity contribution in [1.82, 2.24) is 10.1 Å². The molecule has 2 aliphatic carbocycles. The maximum Gasteiger partial charge on any atom is 0.226 e. The Morgan fingerprint density at radius 3 is 2.57 bits per heavy atom. The van der Waals surface area contributed by atoms with E-state index in [1.54, 1.807) is 0 Å². The third kappa shape index (κ3) is 3.65. The first kappa shape index (κ1) is 15.0. The molecule has 0 radical (unpaired) electrons. The summed E-state index contributed by atoms with van der Waals surface area (Å²) in [5.74, 6) is 2.76. The van der Waals surface area contributed by atoms with Crippen LogP contribution in [0.5, 0.6) is 0 Å². The maximum atomic E-state index is 6.22. The number of nitrogens with zero attached hydrogens (tertiary/aromatic N) is 2. The minimum Gasteiger partial charge on any atom is -0.339 e. The Labute approximate surface area is 127 Å². The van der Waals surface area contributed by atoms with Gasteiger partial charge in [-0.25, -0.2) is 0 Å². The fraction of sp³-hybridized carbons (Fsp3) is 0.882. The average Bonchev–Trinajstić information content (AvgIpc) is 2.90. The van der Waals surface area contributed by atoms with Crippen LogP contribution in [-0.2, 0) is 6.42 Å². The monoisotopic (exact) mass is 291 g/mol. The molecule has 4 nitrogen and oxygen atoms in total. The normalized spacial score (nSPS) is 30.4. The van der Waals surface area contributed by atoms with E-state index in [4.69, 9.17) is 10.3 Å². The molecule has 0 bridgehead atoms. The van der Waals surface area contributed by atoms with Crippen molar-refractivity contribution in [1.29, 1.82) is 0 Å². The van der Waals surface area contributed by atoms with E-state index in [1.165, 1.54) is 44.9 Å². The van der Waals surface area contributed by atoms with E-state index >= 15 is 0 Å². The summed E-state index contributed by atoms with van der Waals surface area (Å²) in [5, 5.41) is 4.25. The molecule has 0 spiro atoms. The summed E-state index contributed by atoms with van der Waals surface area (Å²) < 4.78 is 5.50. The first-order valence-corrected chi connectivity index (χ1v) is 8.61. The van der Waals surface area contributed by atoms with Crippen LogP contribution in [0.3, 0.4) is 0 Å². The molecule has 4 heteroatoms. The van der Waals surface area contributed by atoms with Crippen LogP contribution in [0.1, 0.15) is 82.8 Å². The Hall–Kier alpha value is -0.900. The molecule has 2 unspecified atom stereocenters. The molecule has 2 aliphatic rings. The van der Waals surface area contributed by atoms with Crippen molar-refractivity contribution in [2.45, 2.75) is 83.6 Å². The van der Waals surface area contributed by atoms with Gasteiger partial charge in [-0.2, -0.15) is 4.98 Å². The first-order valence-electron chi connectivity index (χ1n) is 8.61. The minimum atomic E-state index is 0.310. The van der Waals surface area contributed by atoms with Gasteiger partial charge >= 0.3 is 0 Å². The molecule has 2 N–H and O–H groups in total. The highest BCUT2D eigenvalue weighted by Gasteiger charge is 2.31. The van der Waals surface area contributed by atoms with Gasteiger partial charge < -0.3 is 10.3 Å². The van der Waals surface area contributed by atoms with E-state index in [0.717, 1.165) is 24.6 Å². The Bertz CT molecular complexity index is 458. The second kappa shape index (κ2) is 6.07. The predicted molar refractivity (Wildman–Crippen MR) is 82.9 cm³/mol. The van der Waals surface area contributed by atoms with Gasteiger partial charge in [0.05, 0.1) is 0 Å². The van der Waals surface area contributed by atoms with Crippen molar-refractivity contribution < 1.29 is 4.52 Å². The zero-order chi connectivity index (χ0) is 14.9. The van der Waals surface area contributed by atoms with Crippen LogP contribution in [0, 0.1) is 11.3 Å². The lowest BCUT2D eigenvalue weighted by Gasteiger charge is -2.32. The number of aromatic nitrogens is 2. The van der Waals surface area contributed by atoms with Crippen molar-refractivity contribution in [3.8, 4) is 0 Å². The summed E-state index contributed by atoms with van der Waals surface area (Å²) in [7, 11) is 0. The molecule has 3 rings (SSSR count). The third-order valence-corrected chi connectivity index (χ3v) is 5.59. The molecule has 118 valence electrons.